The van der Waals surface area contributed by atoms with Crippen LogP contribution in [0.4, 0.5) is 10.1 Å². The van der Waals surface area contributed by atoms with Gasteiger partial charge in [0, 0.05) is 24.0 Å². The van der Waals surface area contributed by atoms with Crippen LogP contribution >= 0.6 is 0 Å². The molecule has 0 aliphatic rings. The largest absolute Gasteiger partial charge is 0.323 e. The molecule has 2 aromatic heterocycles. The van der Waals surface area contributed by atoms with E-state index in [0.29, 0.717) is 34.1 Å². The minimum absolute atomic E-state index is 0.108. The summed E-state index contributed by atoms with van der Waals surface area (Å²) in [6.45, 7) is 7.70. The van der Waals surface area contributed by atoms with Crippen LogP contribution in [-0.4, -0.2) is 35.3 Å². The smallest absolute Gasteiger partial charge is 0.228 e. The summed E-state index contributed by atoms with van der Waals surface area (Å²) in [5.74, 6) is -0.758. The van der Waals surface area contributed by atoms with Gasteiger partial charge in [0.15, 0.2) is 9.84 Å². The average Bonchev–Trinajstić information content (AvgIpc) is 3.27. The second kappa shape index (κ2) is 9.46. The first-order valence-electron chi connectivity index (χ1n) is 11.5. The summed E-state index contributed by atoms with van der Waals surface area (Å²) in [6.07, 6.45) is 6.43. The van der Waals surface area contributed by atoms with Gasteiger partial charge in [0.2, 0.25) is 5.91 Å². The number of aromatic nitrogens is 3. The molecule has 0 fully saturated rings. The monoisotopic (exact) mass is 508 g/mol. The Morgan fingerprint density at radius 1 is 1.08 bits per heavy atom. The summed E-state index contributed by atoms with van der Waals surface area (Å²) in [6, 6.07) is 10.1. The van der Waals surface area contributed by atoms with Crippen molar-refractivity contribution in [1.29, 1.82) is 0 Å². The summed E-state index contributed by atoms with van der Waals surface area (Å²) in [4.78, 5) is 17.1. The molecule has 2 heterocycles. The Labute approximate surface area is 210 Å². The molecule has 0 unspecified atom stereocenters. The molecule has 2 aromatic carbocycles. The van der Waals surface area contributed by atoms with Crippen LogP contribution in [0, 0.1) is 12.7 Å². The van der Waals surface area contributed by atoms with Gasteiger partial charge < -0.3 is 5.32 Å². The molecule has 4 rings (SSSR count). The molecule has 0 atom stereocenters. The van der Waals surface area contributed by atoms with E-state index in [4.69, 9.17) is 0 Å². The number of fused-ring (bicyclic) bond motifs is 1. The van der Waals surface area contributed by atoms with Gasteiger partial charge in [-0.1, -0.05) is 12.1 Å². The quantitative estimate of drug-likeness (QED) is 0.403. The molecule has 0 spiro atoms. The van der Waals surface area contributed by atoms with Gasteiger partial charge in [-0.25, -0.2) is 12.8 Å². The maximum absolute atomic E-state index is 15.3. The van der Waals surface area contributed by atoms with Gasteiger partial charge in [0.1, 0.15) is 5.82 Å². The fraction of sp³-hybridized carbons (Fsp3) is 0.296. The van der Waals surface area contributed by atoms with Crippen molar-refractivity contribution < 1.29 is 17.6 Å². The molecule has 188 valence electrons. The number of anilines is 1. The van der Waals surface area contributed by atoms with Gasteiger partial charge in [0.25, 0.3) is 0 Å². The number of carbonyl (C=O) groups is 1. The van der Waals surface area contributed by atoms with Gasteiger partial charge in [-0.05, 0) is 80.6 Å². The zero-order chi connectivity index (χ0) is 26.3. The van der Waals surface area contributed by atoms with Gasteiger partial charge in [-0.3, -0.25) is 14.5 Å². The number of halogens is 1. The molecule has 1 N–H and O–H groups in total. The van der Waals surface area contributed by atoms with Crippen molar-refractivity contribution in [2.75, 3.05) is 11.6 Å². The van der Waals surface area contributed by atoms with Crippen molar-refractivity contribution in [2.24, 2.45) is 0 Å². The fourth-order valence-corrected chi connectivity index (χ4v) is 4.66. The summed E-state index contributed by atoms with van der Waals surface area (Å²) < 4.78 is 41.1. The Balaban J connectivity index is 1.55. The Bertz CT molecular complexity index is 1570. The summed E-state index contributed by atoms with van der Waals surface area (Å²) in [5.41, 5.74) is 3.35. The number of sulfone groups is 1. The SMILES string of the molecule is Cc1c(Cc2ccnc3ccc(S(C)(=O)=O)cc23)ccc(CC(=O)Nc2cnn(C(C)(C)C)c2)c1F. The van der Waals surface area contributed by atoms with E-state index in [-0.39, 0.29) is 22.8 Å². The predicted molar refractivity (Wildman–Crippen MR) is 138 cm³/mol. The molecule has 9 heteroatoms. The van der Waals surface area contributed by atoms with Crippen molar-refractivity contribution in [3.63, 3.8) is 0 Å². The lowest BCUT2D eigenvalue weighted by atomic mass is 9.95. The predicted octanol–water partition coefficient (Wildman–Crippen LogP) is 4.81. The number of benzene rings is 2. The topological polar surface area (TPSA) is 93.9 Å². The number of amides is 1. The van der Waals surface area contributed by atoms with Crippen LogP contribution < -0.4 is 5.32 Å². The molecule has 4 aromatic rings. The van der Waals surface area contributed by atoms with Crippen LogP contribution in [0.5, 0.6) is 0 Å². The third-order valence-corrected chi connectivity index (χ3v) is 7.21. The molecule has 0 aliphatic heterocycles. The van der Waals surface area contributed by atoms with Crippen LogP contribution in [-0.2, 0) is 33.0 Å². The minimum Gasteiger partial charge on any atom is -0.323 e. The first kappa shape index (κ1) is 25.5. The molecule has 0 radical (unpaired) electrons. The molecule has 0 aliphatic carbocycles. The first-order valence-corrected chi connectivity index (χ1v) is 13.4. The Hall–Kier alpha value is -3.59. The highest BCUT2D eigenvalue weighted by atomic mass is 32.2. The van der Waals surface area contributed by atoms with Gasteiger partial charge in [-0.2, -0.15) is 5.10 Å². The number of rotatable bonds is 6. The van der Waals surface area contributed by atoms with Crippen LogP contribution in [0.3, 0.4) is 0 Å². The van der Waals surface area contributed by atoms with E-state index in [0.717, 1.165) is 17.4 Å². The van der Waals surface area contributed by atoms with E-state index in [1.807, 2.05) is 32.9 Å². The third-order valence-electron chi connectivity index (χ3n) is 6.10. The molecule has 1 amide bonds. The maximum atomic E-state index is 15.3. The molecular weight excluding hydrogens is 479 g/mol. The molecule has 7 nitrogen and oxygen atoms in total. The van der Waals surface area contributed by atoms with Crippen LogP contribution in [0.25, 0.3) is 10.9 Å². The number of hydrogen-bond acceptors (Lipinski definition) is 5. The van der Waals surface area contributed by atoms with Crippen LogP contribution in [0.2, 0.25) is 0 Å². The second-order valence-corrected chi connectivity index (χ2v) is 12.0. The molecule has 0 bridgehead atoms. The summed E-state index contributed by atoms with van der Waals surface area (Å²) in [7, 11) is -3.38. The lowest BCUT2D eigenvalue weighted by molar-refractivity contribution is -0.115. The maximum Gasteiger partial charge on any atom is 0.228 e. The molecule has 0 saturated carbocycles. The zero-order valence-corrected chi connectivity index (χ0v) is 21.8. The number of nitrogens with one attached hydrogen (secondary N) is 1. The first-order chi connectivity index (χ1) is 16.8. The highest BCUT2D eigenvalue weighted by Crippen LogP contribution is 2.26. The molecule has 36 heavy (non-hydrogen) atoms. The van der Waals surface area contributed by atoms with E-state index in [9.17, 15) is 13.2 Å². The van der Waals surface area contributed by atoms with Gasteiger partial charge >= 0.3 is 0 Å². The Morgan fingerprint density at radius 2 is 1.81 bits per heavy atom. The Kier molecular flexibility index (Phi) is 6.70. The normalized spacial score (nSPS) is 12.2. The highest BCUT2D eigenvalue weighted by molar-refractivity contribution is 7.90. The van der Waals surface area contributed by atoms with E-state index in [2.05, 4.69) is 15.4 Å². The number of pyridine rings is 1. The summed E-state index contributed by atoms with van der Waals surface area (Å²) in [5, 5.41) is 7.75. The minimum atomic E-state index is -3.38. The zero-order valence-electron chi connectivity index (χ0n) is 21.0. The molecular formula is C27H29FN4O3S. The van der Waals surface area contributed by atoms with Crippen molar-refractivity contribution >= 4 is 32.3 Å². The van der Waals surface area contributed by atoms with Gasteiger partial charge in [0.05, 0.1) is 34.3 Å². The van der Waals surface area contributed by atoms with Crippen molar-refractivity contribution in [2.45, 2.75) is 51.0 Å². The molecule has 0 saturated heterocycles. The van der Waals surface area contributed by atoms with Gasteiger partial charge in [-0.15, -0.1) is 0 Å². The highest BCUT2D eigenvalue weighted by Gasteiger charge is 2.17. The third kappa shape index (κ3) is 5.46. The number of nitrogens with zero attached hydrogens (tertiary/aromatic N) is 3. The second-order valence-electron chi connectivity index (χ2n) is 9.99. The van der Waals surface area contributed by atoms with E-state index in [1.165, 1.54) is 6.07 Å². The lowest BCUT2D eigenvalue weighted by Crippen LogP contribution is -2.22. The van der Waals surface area contributed by atoms with Crippen molar-refractivity contribution in [1.82, 2.24) is 14.8 Å². The van der Waals surface area contributed by atoms with E-state index >= 15 is 4.39 Å². The summed E-state index contributed by atoms with van der Waals surface area (Å²) >= 11 is 0. The van der Waals surface area contributed by atoms with Crippen molar-refractivity contribution in [3.05, 3.63) is 83.1 Å². The van der Waals surface area contributed by atoms with E-state index < -0.39 is 15.7 Å². The van der Waals surface area contributed by atoms with Crippen molar-refractivity contribution in [3.8, 4) is 0 Å². The van der Waals surface area contributed by atoms with Crippen LogP contribution in [0.15, 0.2) is 59.9 Å². The van der Waals surface area contributed by atoms with E-state index in [1.54, 1.807) is 48.4 Å². The lowest BCUT2D eigenvalue weighted by Gasteiger charge is -2.18. The number of carbonyl (C=O) groups excluding carboxylic acids is 1. The number of hydrogen-bond donors (Lipinski definition) is 1. The Morgan fingerprint density at radius 3 is 2.47 bits per heavy atom. The average molecular weight is 509 g/mol. The van der Waals surface area contributed by atoms with Crippen LogP contribution in [0.1, 0.15) is 43.0 Å². The standard InChI is InChI=1S/C27H29FN4O3S/c1-17-18(12-19-10-11-29-24-9-8-22(14-23(19)24)36(5,34)35)6-7-20(26(17)28)13-25(33)31-21-15-30-32(16-21)27(2,3)4/h6-11,14-16H,12-13H2,1-5H3,(H,31,33). The fourth-order valence-electron chi connectivity index (χ4n) is 4.01.